The number of nitrogens with zero attached hydrogens (tertiary/aromatic N) is 5. The standard InChI is InChI=1S/C17H19BrF3N5/c1-25(16-23-5-4-15(24-16)17(19,20)21)14-3-2-6-26(11-14)10-12-7-13(18)9-22-8-12/h4-5,7-9,14H,2-3,6,10-11H2,1H3. The van der Waals surface area contributed by atoms with E-state index in [0.717, 1.165) is 54.8 Å². The summed E-state index contributed by atoms with van der Waals surface area (Å²) >= 11 is 3.42. The molecular formula is C17H19BrF3N5. The first-order valence-corrected chi connectivity index (χ1v) is 9.07. The Balaban J connectivity index is 1.69. The number of likely N-dealkylation sites (N-methyl/N-ethyl adjacent to an activating group) is 1. The summed E-state index contributed by atoms with van der Waals surface area (Å²) in [7, 11) is 1.75. The Bertz CT molecular complexity index is 755. The van der Waals surface area contributed by atoms with Gasteiger partial charge in [-0.25, -0.2) is 9.97 Å². The SMILES string of the molecule is CN(c1nccc(C(F)(F)F)n1)C1CCCN(Cc2cncc(Br)c2)C1. The van der Waals surface area contributed by atoms with E-state index in [9.17, 15) is 13.2 Å². The second-order valence-corrected chi connectivity index (χ2v) is 7.31. The Labute approximate surface area is 158 Å². The van der Waals surface area contributed by atoms with Crippen LogP contribution in [-0.2, 0) is 12.7 Å². The molecule has 2 aromatic heterocycles. The molecule has 0 amide bonds. The van der Waals surface area contributed by atoms with E-state index < -0.39 is 11.9 Å². The molecule has 1 aliphatic heterocycles. The molecular weight excluding hydrogens is 411 g/mol. The van der Waals surface area contributed by atoms with Crippen molar-refractivity contribution in [2.75, 3.05) is 25.0 Å². The molecule has 3 heterocycles. The van der Waals surface area contributed by atoms with E-state index in [1.54, 1.807) is 18.1 Å². The van der Waals surface area contributed by atoms with E-state index in [4.69, 9.17) is 0 Å². The van der Waals surface area contributed by atoms with Crippen molar-refractivity contribution in [3.63, 3.8) is 0 Å². The van der Waals surface area contributed by atoms with E-state index in [1.807, 2.05) is 12.3 Å². The third-order valence-electron chi connectivity index (χ3n) is 4.44. The molecule has 0 saturated carbocycles. The Morgan fingerprint density at radius 2 is 2.15 bits per heavy atom. The van der Waals surface area contributed by atoms with Crippen molar-refractivity contribution in [2.45, 2.75) is 31.6 Å². The summed E-state index contributed by atoms with van der Waals surface area (Å²) in [5, 5.41) is 0. The summed E-state index contributed by atoms with van der Waals surface area (Å²) < 4.78 is 39.6. The predicted molar refractivity (Wildman–Crippen MR) is 95.7 cm³/mol. The highest BCUT2D eigenvalue weighted by atomic mass is 79.9. The molecule has 1 saturated heterocycles. The molecule has 1 atom stereocenters. The third kappa shape index (κ3) is 4.70. The molecule has 1 unspecified atom stereocenters. The van der Waals surface area contributed by atoms with Crippen LogP contribution in [-0.4, -0.2) is 46.0 Å². The zero-order valence-electron chi connectivity index (χ0n) is 14.2. The molecule has 0 N–H and O–H groups in total. The highest BCUT2D eigenvalue weighted by molar-refractivity contribution is 9.10. The highest BCUT2D eigenvalue weighted by Crippen LogP contribution is 2.29. The predicted octanol–water partition coefficient (Wildman–Crippen LogP) is 3.75. The molecule has 1 fully saturated rings. The van der Waals surface area contributed by atoms with Gasteiger partial charge in [-0.1, -0.05) is 0 Å². The number of halogens is 4. The highest BCUT2D eigenvalue weighted by Gasteiger charge is 2.34. The molecule has 0 bridgehead atoms. The van der Waals surface area contributed by atoms with Gasteiger partial charge >= 0.3 is 6.18 Å². The molecule has 2 aromatic rings. The van der Waals surface area contributed by atoms with Crippen LogP contribution in [0.4, 0.5) is 19.1 Å². The van der Waals surface area contributed by atoms with Gasteiger partial charge in [-0.05, 0) is 53.0 Å². The van der Waals surface area contributed by atoms with Crippen molar-refractivity contribution in [3.8, 4) is 0 Å². The van der Waals surface area contributed by atoms with Crippen molar-refractivity contribution in [3.05, 3.63) is 46.5 Å². The maximum absolute atomic E-state index is 12.9. The molecule has 5 nitrogen and oxygen atoms in total. The number of hydrogen-bond acceptors (Lipinski definition) is 5. The maximum atomic E-state index is 12.9. The Kier molecular flexibility index (Phi) is 5.76. The lowest BCUT2D eigenvalue weighted by molar-refractivity contribution is -0.141. The van der Waals surface area contributed by atoms with E-state index >= 15 is 0 Å². The van der Waals surface area contributed by atoms with Crippen LogP contribution in [0.1, 0.15) is 24.1 Å². The fourth-order valence-electron chi connectivity index (χ4n) is 3.13. The third-order valence-corrected chi connectivity index (χ3v) is 4.88. The van der Waals surface area contributed by atoms with Crippen LogP contribution in [0, 0.1) is 0 Å². The van der Waals surface area contributed by atoms with Crippen molar-refractivity contribution in [1.29, 1.82) is 0 Å². The van der Waals surface area contributed by atoms with Crippen molar-refractivity contribution in [2.24, 2.45) is 0 Å². The smallest absolute Gasteiger partial charge is 0.340 e. The van der Waals surface area contributed by atoms with Crippen LogP contribution in [0.2, 0.25) is 0 Å². The maximum Gasteiger partial charge on any atom is 0.433 e. The van der Waals surface area contributed by atoms with Gasteiger partial charge in [-0.3, -0.25) is 9.88 Å². The molecule has 9 heteroatoms. The van der Waals surface area contributed by atoms with Crippen LogP contribution in [0.3, 0.4) is 0 Å². The lowest BCUT2D eigenvalue weighted by atomic mass is 10.0. The van der Waals surface area contributed by atoms with Crippen molar-refractivity contribution < 1.29 is 13.2 Å². The van der Waals surface area contributed by atoms with Gasteiger partial charge in [0.25, 0.3) is 0 Å². The number of pyridine rings is 1. The summed E-state index contributed by atoms with van der Waals surface area (Å²) in [5.41, 5.74) is 0.181. The lowest BCUT2D eigenvalue weighted by Crippen LogP contribution is -2.46. The van der Waals surface area contributed by atoms with Crippen LogP contribution in [0.25, 0.3) is 0 Å². The minimum atomic E-state index is -4.47. The molecule has 1 aliphatic rings. The molecule has 26 heavy (non-hydrogen) atoms. The summed E-state index contributed by atoms with van der Waals surface area (Å²) in [6.45, 7) is 2.43. The van der Waals surface area contributed by atoms with Crippen LogP contribution in [0.15, 0.2) is 35.2 Å². The minimum absolute atomic E-state index is 0.0624. The van der Waals surface area contributed by atoms with E-state index in [2.05, 4.69) is 35.8 Å². The fourth-order valence-corrected chi connectivity index (χ4v) is 3.54. The van der Waals surface area contributed by atoms with Gasteiger partial charge in [0, 0.05) is 49.2 Å². The van der Waals surface area contributed by atoms with Gasteiger partial charge in [0.15, 0.2) is 0 Å². The number of piperidine rings is 1. The van der Waals surface area contributed by atoms with Gasteiger partial charge < -0.3 is 4.90 Å². The Morgan fingerprint density at radius 1 is 1.35 bits per heavy atom. The number of anilines is 1. The Morgan fingerprint density at radius 3 is 2.88 bits per heavy atom. The first-order valence-electron chi connectivity index (χ1n) is 8.28. The summed E-state index contributed by atoms with van der Waals surface area (Å²) in [4.78, 5) is 15.9. The quantitative estimate of drug-likeness (QED) is 0.740. The molecule has 140 valence electrons. The second-order valence-electron chi connectivity index (χ2n) is 6.39. The van der Waals surface area contributed by atoms with Crippen LogP contribution < -0.4 is 4.90 Å². The zero-order valence-corrected chi connectivity index (χ0v) is 15.8. The summed E-state index contributed by atoms with van der Waals surface area (Å²) in [5.74, 6) is 0.107. The van der Waals surface area contributed by atoms with Crippen molar-refractivity contribution in [1.82, 2.24) is 19.9 Å². The number of alkyl halides is 3. The first-order chi connectivity index (χ1) is 12.3. The number of hydrogen-bond donors (Lipinski definition) is 0. The molecule has 0 radical (unpaired) electrons. The zero-order chi connectivity index (χ0) is 18.7. The number of likely N-dealkylation sites (tertiary alicyclic amines) is 1. The fraction of sp³-hybridized carbons (Fsp3) is 0.471. The lowest BCUT2D eigenvalue weighted by Gasteiger charge is -2.37. The van der Waals surface area contributed by atoms with E-state index in [-0.39, 0.29) is 12.0 Å². The molecule has 3 rings (SSSR count). The Hall–Kier alpha value is -1.74. The second kappa shape index (κ2) is 7.87. The molecule has 0 aromatic carbocycles. The summed E-state index contributed by atoms with van der Waals surface area (Å²) in [6, 6.07) is 2.98. The molecule has 0 aliphatic carbocycles. The number of rotatable bonds is 4. The minimum Gasteiger partial charge on any atom is -0.340 e. The van der Waals surface area contributed by atoms with Gasteiger partial charge in [0.05, 0.1) is 0 Å². The van der Waals surface area contributed by atoms with Crippen molar-refractivity contribution >= 4 is 21.9 Å². The van der Waals surface area contributed by atoms with Crippen LogP contribution >= 0.6 is 15.9 Å². The average Bonchev–Trinajstić information content (AvgIpc) is 2.61. The average molecular weight is 430 g/mol. The van der Waals surface area contributed by atoms with Gasteiger partial charge in [-0.2, -0.15) is 13.2 Å². The van der Waals surface area contributed by atoms with Gasteiger partial charge in [0.1, 0.15) is 5.69 Å². The normalized spacial score (nSPS) is 18.7. The largest absolute Gasteiger partial charge is 0.433 e. The first kappa shape index (κ1) is 19.0. The van der Waals surface area contributed by atoms with Crippen LogP contribution in [0.5, 0.6) is 0 Å². The molecule has 0 spiro atoms. The van der Waals surface area contributed by atoms with Gasteiger partial charge in [-0.15, -0.1) is 0 Å². The van der Waals surface area contributed by atoms with E-state index in [1.165, 1.54) is 0 Å². The van der Waals surface area contributed by atoms with Gasteiger partial charge in [0.2, 0.25) is 5.95 Å². The number of aromatic nitrogens is 3. The monoisotopic (exact) mass is 429 g/mol. The van der Waals surface area contributed by atoms with E-state index in [0.29, 0.717) is 0 Å². The summed E-state index contributed by atoms with van der Waals surface area (Å²) in [6.07, 6.45) is 2.12. The topological polar surface area (TPSA) is 45.2 Å².